The second-order valence-corrected chi connectivity index (χ2v) is 5.25. The smallest absolute Gasteiger partial charge is 0.133 e. The van der Waals surface area contributed by atoms with E-state index in [1.165, 1.54) is 5.56 Å². The number of hydrogen-bond acceptors (Lipinski definition) is 2. The molecule has 0 atom stereocenters. The molecule has 16 heavy (non-hydrogen) atoms. The average Bonchev–Trinajstić information content (AvgIpc) is 2.30. The zero-order valence-electron chi connectivity index (χ0n) is 9.45. The Balaban J connectivity index is 2.12. The molecule has 3 heteroatoms. The Labute approximate surface area is 105 Å². The van der Waals surface area contributed by atoms with Gasteiger partial charge in [0.25, 0.3) is 0 Å². The zero-order chi connectivity index (χ0) is 11.5. The van der Waals surface area contributed by atoms with Gasteiger partial charge < -0.3 is 9.84 Å². The molecule has 1 N–H and O–H groups in total. The number of ether oxygens (including phenoxy) is 1. The quantitative estimate of drug-likeness (QED) is 0.901. The third kappa shape index (κ3) is 2.58. The number of halogens is 1. The Morgan fingerprint density at radius 1 is 1.25 bits per heavy atom. The molecule has 2 rings (SSSR count). The van der Waals surface area contributed by atoms with Crippen LogP contribution in [-0.2, 0) is 0 Å². The van der Waals surface area contributed by atoms with Crippen LogP contribution in [-0.4, -0.2) is 18.3 Å². The molecule has 0 spiro atoms. The van der Waals surface area contributed by atoms with E-state index in [9.17, 15) is 5.11 Å². The van der Waals surface area contributed by atoms with Crippen LogP contribution in [0.4, 0.5) is 0 Å². The van der Waals surface area contributed by atoms with E-state index < -0.39 is 0 Å². The fourth-order valence-corrected chi connectivity index (χ4v) is 2.90. The summed E-state index contributed by atoms with van der Waals surface area (Å²) in [6, 6.07) is 6.28. The van der Waals surface area contributed by atoms with Crippen LogP contribution in [0.1, 0.15) is 37.2 Å². The molecular weight excluding hydrogens is 268 g/mol. The Kier molecular flexibility index (Phi) is 3.87. The lowest BCUT2D eigenvalue weighted by Gasteiger charge is -2.26. The summed E-state index contributed by atoms with van der Waals surface area (Å²) >= 11 is 3.51. The standard InChI is InChI=1S/C13H17BrO2/c1-16-13-7-4-10(8-12(13)14)9-2-5-11(15)6-3-9/h4,7-9,11,15H,2-3,5-6H2,1H3. The molecule has 0 saturated heterocycles. The number of benzene rings is 1. The number of aliphatic hydroxyl groups excluding tert-OH is 1. The lowest BCUT2D eigenvalue weighted by atomic mass is 9.83. The number of aliphatic hydroxyl groups is 1. The van der Waals surface area contributed by atoms with Gasteiger partial charge in [0.2, 0.25) is 0 Å². The van der Waals surface area contributed by atoms with Gasteiger partial charge in [-0.1, -0.05) is 6.07 Å². The van der Waals surface area contributed by atoms with E-state index in [0.29, 0.717) is 5.92 Å². The van der Waals surface area contributed by atoms with Crippen LogP contribution in [0.3, 0.4) is 0 Å². The minimum Gasteiger partial charge on any atom is -0.496 e. The number of rotatable bonds is 2. The maximum Gasteiger partial charge on any atom is 0.133 e. The van der Waals surface area contributed by atoms with Crippen molar-refractivity contribution in [1.29, 1.82) is 0 Å². The first-order valence-electron chi connectivity index (χ1n) is 5.72. The van der Waals surface area contributed by atoms with E-state index in [4.69, 9.17) is 4.74 Å². The van der Waals surface area contributed by atoms with E-state index in [2.05, 4.69) is 28.1 Å². The number of methoxy groups -OCH3 is 1. The van der Waals surface area contributed by atoms with Gasteiger partial charge in [0, 0.05) is 0 Å². The van der Waals surface area contributed by atoms with E-state index >= 15 is 0 Å². The predicted molar refractivity (Wildman–Crippen MR) is 67.9 cm³/mol. The van der Waals surface area contributed by atoms with Gasteiger partial charge in [0.05, 0.1) is 17.7 Å². The molecule has 1 aromatic rings. The summed E-state index contributed by atoms with van der Waals surface area (Å²) in [4.78, 5) is 0. The molecule has 1 saturated carbocycles. The highest BCUT2D eigenvalue weighted by molar-refractivity contribution is 9.10. The maximum atomic E-state index is 9.48. The molecule has 0 aliphatic heterocycles. The van der Waals surface area contributed by atoms with Crippen LogP contribution >= 0.6 is 15.9 Å². The molecule has 0 radical (unpaired) electrons. The molecule has 0 unspecified atom stereocenters. The lowest BCUT2D eigenvalue weighted by molar-refractivity contribution is 0.122. The van der Waals surface area contributed by atoms with Gasteiger partial charge in [-0.2, -0.15) is 0 Å². The van der Waals surface area contributed by atoms with Crippen molar-refractivity contribution >= 4 is 15.9 Å². The molecule has 1 aliphatic rings. The second kappa shape index (κ2) is 5.19. The molecular formula is C13H17BrO2. The summed E-state index contributed by atoms with van der Waals surface area (Å²) in [5.74, 6) is 1.46. The molecule has 0 amide bonds. The molecule has 88 valence electrons. The van der Waals surface area contributed by atoms with Crippen LogP contribution in [0.15, 0.2) is 22.7 Å². The van der Waals surface area contributed by atoms with E-state index in [1.807, 2.05) is 6.07 Å². The minimum atomic E-state index is -0.0852. The van der Waals surface area contributed by atoms with Crippen molar-refractivity contribution in [2.75, 3.05) is 7.11 Å². The highest BCUT2D eigenvalue weighted by atomic mass is 79.9. The molecule has 0 aromatic heterocycles. The van der Waals surface area contributed by atoms with E-state index in [1.54, 1.807) is 7.11 Å². The van der Waals surface area contributed by atoms with Gasteiger partial charge in [0.1, 0.15) is 5.75 Å². The molecule has 1 fully saturated rings. The van der Waals surface area contributed by atoms with Crippen LogP contribution in [0.2, 0.25) is 0 Å². The SMILES string of the molecule is COc1ccc(C2CCC(O)CC2)cc1Br. The van der Waals surface area contributed by atoms with Crippen LogP contribution in [0.5, 0.6) is 5.75 Å². The van der Waals surface area contributed by atoms with Gasteiger partial charge >= 0.3 is 0 Å². The summed E-state index contributed by atoms with van der Waals surface area (Å²) in [7, 11) is 1.68. The van der Waals surface area contributed by atoms with Crippen LogP contribution < -0.4 is 4.74 Å². The van der Waals surface area contributed by atoms with Gasteiger partial charge in [-0.25, -0.2) is 0 Å². The fraction of sp³-hybridized carbons (Fsp3) is 0.538. The van der Waals surface area contributed by atoms with Crippen molar-refractivity contribution in [2.24, 2.45) is 0 Å². The summed E-state index contributed by atoms with van der Waals surface area (Å²) < 4.78 is 6.23. The Morgan fingerprint density at radius 3 is 2.50 bits per heavy atom. The molecule has 0 bridgehead atoms. The minimum absolute atomic E-state index is 0.0852. The normalized spacial score (nSPS) is 25.4. The highest BCUT2D eigenvalue weighted by Crippen LogP contribution is 2.36. The van der Waals surface area contributed by atoms with Crippen molar-refractivity contribution in [3.8, 4) is 5.75 Å². The van der Waals surface area contributed by atoms with Gasteiger partial charge in [-0.3, -0.25) is 0 Å². The Hall–Kier alpha value is -0.540. The van der Waals surface area contributed by atoms with Crippen molar-refractivity contribution in [3.05, 3.63) is 28.2 Å². The summed E-state index contributed by atoms with van der Waals surface area (Å²) in [5.41, 5.74) is 1.35. The molecule has 0 heterocycles. The highest BCUT2D eigenvalue weighted by Gasteiger charge is 2.21. The Morgan fingerprint density at radius 2 is 1.94 bits per heavy atom. The van der Waals surface area contributed by atoms with E-state index in [-0.39, 0.29) is 6.10 Å². The van der Waals surface area contributed by atoms with Crippen molar-refractivity contribution < 1.29 is 9.84 Å². The van der Waals surface area contributed by atoms with Gasteiger partial charge in [0.15, 0.2) is 0 Å². The van der Waals surface area contributed by atoms with Crippen molar-refractivity contribution in [1.82, 2.24) is 0 Å². The third-order valence-corrected chi connectivity index (χ3v) is 3.96. The molecule has 2 nitrogen and oxygen atoms in total. The second-order valence-electron chi connectivity index (χ2n) is 4.40. The predicted octanol–water partition coefficient (Wildman–Crippen LogP) is 3.48. The van der Waals surface area contributed by atoms with Crippen molar-refractivity contribution in [2.45, 2.75) is 37.7 Å². The lowest BCUT2D eigenvalue weighted by Crippen LogP contribution is -2.16. The first-order chi connectivity index (χ1) is 7.70. The van der Waals surface area contributed by atoms with Crippen molar-refractivity contribution in [3.63, 3.8) is 0 Å². The van der Waals surface area contributed by atoms with Crippen LogP contribution in [0, 0.1) is 0 Å². The zero-order valence-corrected chi connectivity index (χ0v) is 11.0. The first-order valence-corrected chi connectivity index (χ1v) is 6.51. The summed E-state index contributed by atoms with van der Waals surface area (Å²) in [5, 5.41) is 9.48. The molecule has 1 aliphatic carbocycles. The van der Waals surface area contributed by atoms with Gasteiger partial charge in [-0.05, 0) is 65.2 Å². The summed E-state index contributed by atoms with van der Waals surface area (Å²) in [6.45, 7) is 0. The molecule has 1 aromatic carbocycles. The number of hydrogen-bond donors (Lipinski definition) is 1. The largest absolute Gasteiger partial charge is 0.496 e. The van der Waals surface area contributed by atoms with Crippen LogP contribution in [0.25, 0.3) is 0 Å². The Bertz CT molecular complexity index is 357. The topological polar surface area (TPSA) is 29.5 Å². The third-order valence-electron chi connectivity index (χ3n) is 3.34. The fourth-order valence-electron chi connectivity index (χ4n) is 2.35. The maximum absolute atomic E-state index is 9.48. The summed E-state index contributed by atoms with van der Waals surface area (Å²) in [6.07, 6.45) is 3.93. The van der Waals surface area contributed by atoms with Gasteiger partial charge in [-0.15, -0.1) is 0 Å². The van der Waals surface area contributed by atoms with E-state index in [0.717, 1.165) is 35.9 Å². The monoisotopic (exact) mass is 284 g/mol. The first kappa shape index (κ1) is 11.9. The average molecular weight is 285 g/mol.